The number of aromatic carboxylic acids is 1. The molecular formula is C13H21NO4. The molecule has 0 radical (unpaired) electrons. The molecular weight excluding hydrogens is 234 g/mol. The van der Waals surface area contributed by atoms with Crippen molar-refractivity contribution < 1.29 is 19.1 Å². The van der Waals surface area contributed by atoms with E-state index in [1.54, 1.807) is 13.0 Å². The van der Waals surface area contributed by atoms with Crippen molar-refractivity contribution in [3.05, 3.63) is 23.2 Å². The van der Waals surface area contributed by atoms with Crippen LogP contribution in [0.25, 0.3) is 0 Å². The first kappa shape index (κ1) is 14.7. The van der Waals surface area contributed by atoms with Crippen LogP contribution < -0.4 is 5.32 Å². The Bertz CT molecular complexity index is 373. The molecule has 0 spiro atoms. The largest absolute Gasteiger partial charge is 0.478 e. The maximum Gasteiger partial charge on any atom is 0.339 e. The van der Waals surface area contributed by atoms with Gasteiger partial charge in [0.2, 0.25) is 0 Å². The number of nitrogens with one attached hydrogen (secondary N) is 1. The lowest BCUT2D eigenvalue weighted by Gasteiger charge is -2.03. The van der Waals surface area contributed by atoms with Crippen LogP contribution in [0.5, 0.6) is 0 Å². The molecule has 0 aromatic carbocycles. The Kier molecular flexibility index (Phi) is 6.46. The van der Waals surface area contributed by atoms with Crippen LogP contribution >= 0.6 is 0 Å². The Morgan fingerprint density at radius 1 is 1.50 bits per heavy atom. The molecule has 0 saturated carbocycles. The summed E-state index contributed by atoms with van der Waals surface area (Å²) in [6, 6.07) is 1.57. The van der Waals surface area contributed by atoms with Gasteiger partial charge in [0.05, 0.1) is 6.54 Å². The second-order valence-electron chi connectivity index (χ2n) is 4.13. The van der Waals surface area contributed by atoms with Crippen molar-refractivity contribution >= 4 is 5.97 Å². The highest BCUT2D eigenvalue weighted by atomic mass is 16.5. The molecule has 1 aromatic rings. The van der Waals surface area contributed by atoms with Crippen molar-refractivity contribution in [1.29, 1.82) is 0 Å². The topological polar surface area (TPSA) is 71.7 Å². The minimum absolute atomic E-state index is 0.234. The van der Waals surface area contributed by atoms with E-state index < -0.39 is 5.97 Å². The molecule has 0 aliphatic carbocycles. The maximum atomic E-state index is 10.8. The summed E-state index contributed by atoms with van der Waals surface area (Å²) >= 11 is 0. The van der Waals surface area contributed by atoms with E-state index >= 15 is 0 Å². The number of rotatable bonds is 9. The average molecular weight is 255 g/mol. The van der Waals surface area contributed by atoms with Crippen LogP contribution in [0.4, 0.5) is 0 Å². The van der Waals surface area contributed by atoms with Gasteiger partial charge in [-0.2, -0.15) is 0 Å². The second kappa shape index (κ2) is 7.89. The molecule has 0 amide bonds. The van der Waals surface area contributed by atoms with Gasteiger partial charge in [0.15, 0.2) is 0 Å². The van der Waals surface area contributed by atoms with Crippen molar-refractivity contribution in [2.45, 2.75) is 33.2 Å². The molecule has 2 N–H and O–H groups in total. The number of carboxylic acids is 1. The van der Waals surface area contributed by atoms with Gasteiger partial charge >= 0.3 is 5.97 Å². The molecule has 1 rings (SSSR count). The van der Waals surface area contributed by atoms with Crippen molar-refractivity contribution in [1.82, 2.24) is 5.32 Å². The molecule has 0 aliphatic heterocycles. The van der Waals surface area contributed by atoms with Crippen LogP contribution in [0.2, 0.25) is 0 Å². The highest BCUT2D eigenvalue weighted by Gasteiger charge is 2.12. The molecule has 102 valence electrons. The number of hydrogen-bond acceptors (Lipinski definition) is 4. The molecule has 18 heavy (non-hydrogen) atoms. The van der Waals surface area contributed by atoms with Crippen molar-refractivity contribution in [2.75, 3.05) is 19.8 Å². The van der Waals surface area contributed by atoms with E-state index in [-0.39, 0.29) is 5.56 Å². The van der Waals surface area contributed by atoms with E-state index in [4.69, 9.17) is 14.3 Å². The number of carboxylic acid groups (broad SMARTS) is 1. The number of furan rings is 1. The fraction of sp³-hybridized carbons (Fsp3) is 0.615. The van der Waals surface area contributed by atoms with E-state index in [1.807, 2.05) is 0 Å². The van der Waals surface area contributed by atoms with E-state index in [1.165, 1.54) is 0 Å². The summed E-state index contributed by atoms with van der Waals surface area (Å²) in [6.45, 7) is 6.66. The molecule has 0 saturated heterocycles. The molecule has 5 heteroatoms. The first-order valence-corrected chi connectivity index (χ1v) is 6.26. The number of aryl methyl sites for hydroxylation is 1. The lowest BCUT2D eigenvalue weighted by atomic mass is 10.2. The van der Waals surface area contributed by atoms with Crippen LogP contribution in [0, 0.1) is 6.92 Å². The zero-order valence-corrected chi connectivity index (χ0v) is 11.0. The zero-order valence-electron chi connectivity index (χ0n) is 11.0. The zero-order chi connectivity index (χ0) is 13.4. The predicted molar refractivity (Wildman–Crippen MR) is 67.8 cm³/mol. The first-order valence-electron chi connectivity index (χ1n) is 6.26. The van der Waals surface area contributed by atoms with Crippen LogP contribution in [-0.2, 0) is 11.3 Å². The van der Waals surface area contributed by atoms with E-state index in [0.29, 0.717) is 18.1 Å². The van der Waals surface area contributed by atoms with E-state index in [2.05, 4.69) is 12.2 Å². The van der Waals surface area contributed by atoms with Gasteiger partial charge in [0, 0.05) is 13.2 Å². The fourth-order valence-electron chi connectivity index (χ4n) is 1.60. The van der Waals surface area contributed by atoms with Crippen molar-refractivity contribution in [3.8, 4) is 0 Å². The maximum absolute atomic E-state index is 10.8. The molecule has 0 unspecified atom stereocenters. The number of hydrogen-bond donors (Lipinski definition) is 2. The van der Waals surface area contributed by atoms with Gasteiger partial charge < -0.3 is 19.6 Å². The van der Waals surface area contributed by atoms with Gasteiger partial charge in [-0.3, -0.25) is 0 Å². The molecule has 1 aromatic heterocycles. The van der Waals surface area contributed by atoms with Crippen LogP contribution in [-0.4, -0.2) is 30.8 Å². The van der Waals surface area contributed by atoms with Gasteiger partial charge in [-0.25, -0.2) is 4.79 Å². The van der Waals surface area contributed by atoms with Gasteiger partial charge in [-0.05, 0) is 32.4 Å². The highest BCUT2D eigenvalue weighted by molar-refractivity contribution is 5.88. The summed E-state index contributed by atoms with van der Waals surface area (Å²) in [5, 5.41) is 12.1. The summed E-state index contributed by atoms with van der Waals surface area (Å²) in [4.78, 5) is 10.8. The summed E-state index contributed by atoms with van der Waals surface area (Å²) < 4.78 is 10.7. The first-order chi connectivity index (χ1) is 8.65. The van der Waals surface area contributed by atoms with Crippen molar-refractivity contribution in [3.63, 3.8) is 0 Å². The molecule has 5 nitrogen and oxygen atoms in total. The summed E-state index contributed by atoms with van der Waals surface area (Å²) in [5.41, 5.74) is 0.234. The van der Waals surface area contributed by atoms with Gasteiger partial charge in [-0.1, -0.05) is 6.92 Å². The molecule has 1 heterocycles. The standard InChI is InChI=1S/C13H21NO4/c1-3-6-17-7-4-5-14-9-11-8-12(13(15)16)10(2)18-11/h8,14H,3-7,9H2,1-2H3,(H,15,16). The Morgan fingerprint density at radius 2 is 2.28 bits per heavy atom. The Balaban J connectivity index is 2.19. The SMILES string of the molecule is CCCOCCCNCc1cc(C(=O)O)c(C)o1. The van der Waals surface area contributed by atoms with Crippen LogP contribution in [0.1, 0.15) is 41.6 Å². The average Bonchev–Trinajstić information content (AvgIpc) is 2.69. The van der Waals surface area contributed by atoms with Gasteiger partial charge in [-0.15, -0.1) is 0 Å². The monoisotopic (exact) mass is 255 g/mol. The normalized spacial score (nSPS) is 10.8. The minimum Gasteiger partial charge on any atom is -0.478 e. The van der Waals surface area contributed by atoms with Crippen molar-refractivity contribution in [2.24, 2.45) is 0 Å². The lowest BCUT2D eigenvalue weighted by Crippen LogP contribution is -2.16. The second-order valence-corrected chi connectivity index (χ2v) is 4.13. The predicted octanol–water partition coefficient (Wildman–Crippen LogP) is 2.19. The summed E-state index contributed by atoms with van der Waals surface area (Å²) in [5.74, 6) is 0.153. The summed E-state index contributed by atoms with van der Waals surface area (Å²) in [6.07, 6.45) is 1.97. The molecule has 0 aliphatic rings. The highest BCUT2D eigenvalue weighted by Crippen LogP contribution is 2.14. The number of ether oxygens (including phenoxy) is 1. The third-order valence-electron chi connectivity index (χ3n) is 2.49. The van der Waals surface area contributed by atoms with E-state index in [0.717, 1.165) is 32.6 Å². The van der Waals surface area contributed by atoms with E-state index in [9.17, 15) is 4.79 Å². The Hall–Kier alpha value is -1.33. The van der Waals surface area contributed by atoms with Crippen LogP contribution in [0.15, 0.2) is 10.5 Å². The third kappa shape index (κ3) is 4.89. The molecule has 0 fully saturated rings. The molecule has 0 bridgehead atoms. The van der Waals surface area contributed by atoms with Gasteiger partial charge in [0.25, 0.3) is 0 Å². The number of carbonyl (C=O) groups is 1. The third-order valence-corrected chi connectivity index (χ3v) is 2.49. The molecule has 0 atom stereocenters. The fourth-order valence-corrected chi connectivity index (χ4v) is 1.60. The lowest BCUT2D eigenvalue weighted by molar-refractivity contribution is 0.0695. The quantitative estimate of drug-likeness (QED) is 0.662. The minimum atomic E-state index is -0.949. The Morgan fingerprint density at radius 3 is 2.89 bits per heavy atom. The smallest absolute Gasteiger partial charge is 0.339 e. The van der Waals surface area contributed by atoms with Crippen LogP contribution in [0.3, 0.4) is 0 Å². The Labute approximate surface area is 107 Å². The van der Waals surface area contributed by atoms with Gasteiger partial charge in [0.1, 0.15) is 17.1 Å². The summed E-state index contributed by atoms with van der Waals surface area (Å²) in [7, 11) is 0.